The molecule has 0 radical (unpaired) electrons. The summed E-state index contributed by atoms with van der Waals surface area (Å²) < 4.78 is 8.90. The molecule has 0 atom stereocenters. The molecule has 61 heavy (non-hydrogen) atoms. The van der Waals surface area contributed by atoms with Crippen LogP contribution >= 0.6 is 0 Å². The fourth-order valence-electron chi connectivity index (χ4n) is 9.20. The molecule has 3 heterocycles. The maximum atomic E-state index is 6.55. The van der Waals surface area contributed by atoms with Crippen molar-refractivity contribution in [3.63, 3.8) is 0 Å². The molecule has 0 spiro atoms. The SMILES string of the molecule is Bc1c(B)c(B)c(-c2cccc(-c3nc(-c4ccccc4)nc(-c4ccc5oc6cc(-c7ccc8c(c7)c7ccccc7n8-c7ccccc7)ccc6c5c4)n3)c2)c(B)c1B. The van der Waals surface area contributed by atoms with E-state index in [0.29, 0.717) is 17.5 Å². The summed E-state index contributed by atoms with van der Waals surface area (Å²) in [6.45, 7) is 0. The first-order valence-electron chi connectivity index (χ1n) is 20.9. The summed E-state index contributed by atoms with van der Waals surface area (Å²) in [5.74, 6) is 1.87. The molecule has 0 fully saturated rings. The number of furan rings is 1. The Balaban J connectivity index is 1.00. The molecule has 0 saturated carbocycles. The lowest BCUT2D eigenvalue weighted by Crippen LogP contribution is -2.55. The maximum absolute atomic E-state index is 6.55. The minimum Gasteiger partial charge on any atom is -0.456 e. The average molecular weight is 776 g/mol. The van der Waals surface area contributed by atoms with E-state index in [9.17, 15) is 0 Å². The van der Waals surface area contributed by atoms with Gasteiger partial charge in [-0.15, -0.1) is 16.4 Å². The molecule has 8 aromatic carbocycles. The highest BCUT2D eigenvalue weighted by Gasteiger charge is 2.19. The Morgan fingerprint density at radius 1 is 0.344 bits per heavy atom. The zero-order valence-electron chi connectivity index (χ0n) is 34.8. The van der Waals surface area contributed by atoms with E-state index >= 15 is 0 Å². The Kier molecular flexibility index (Phi) is 8.71. The van der Waals surface area contributed by atoms with Crippen LogP contribution in [-0.2, 0) is 0 Å². The second-order valence-corrected chi connectivity index (χ2v) is 16.2. The van der Waals surface area contributed by atoms with Crippen LogP contribution in [-0.4, -0.2) is 58.8 Å². The molecule has 0 N–H and O–H groups in total. The van der Waals surface area contributed by atoms with Gasteiger partial charge in [-0.2, -0.15) is 0 Å². The quantitative estimate of drug-likeness (QED) is 0.234. The number of hydrogen-bond donors (Lipinski definition) is 0. The molecule has 0 aliphatic rings. The number of rotatable bonds is 6. The fraction of sp³-hybridized carbons (Fsp3) is 0. The van der Waals surface area contributed by atoms with Gasteiger partial charge in [-0.05, 0) is 89.0 Å². The summed E-state index contributed by atoms with van der Waals surface area (Å²) in [6.07, 6.45) is 0. The number of para-hydroxylation sites is 2. The van der Waals surface area contributed by atoms with Crippen LogP contribution in [0.5, 0.6) is 0 Å². The van der Waals surface area contributed by atoms with Crippen molar-refractivity contribution in [1.29, 1.82) is 0 Å². The van der Waals surface area contributed by atoms with Gasteiger partial charge in [-0.3, -0.25) is 0 Å². The van der Waals surface area contributed by atoms with Crippen molar-refractivity contribution in [3.8, 4) is 62.1 Å². The first-order valence-corrected chi connectivity index (χ1v) is 20.9. The summed E-state index contributed by atoms with van der Waals surface area (Å²) in [5, 5.41) is 4.51. The van der Waals surface area contributed by atoms with Crippen molar-refractivity contribution < 1.29 is 4.42 Å². The molecular formula is C51H37B5N4O. The Labute approximate surface area is 358 Å². The molecule has 0 bridgehead atoms. The van der Waals surface area contributed by atoms with Gasteiger partial charge in [0.2, 0.25) is 0 Å². The van der Waals surface area contributed by atoms with Crippen molar-refractivity contribution >= 4 is 110 Å². The second kappa shape index (κ2) is 14.5. The van der Waals surface area contributed by atoms with Gasteiger partial charge in [0.1, 0.15) is 50.4 Å². The molecule has 0 saturated heterocycles. The van der Waals surface area contributed by atoms with Crippen LogP contribution in [0.1, 0.15) is 0 Å². The highest BCUT2D eigenvalue weighted by atomic mass is 16.3. The van der Waals surface area contributed by atoms with Gasteiger partial charge in [0.05, 0.1) is 11.0 Å². The van der Waals surface area contributed by atoms with Crippen molar-refractivity contribution in [2.24, 2.45) is 0 Å². The molecule has 0 amide bonds. The van der Waals surface area contributed by atoms with Gasteiger partial charge in [0, 0.05) is 43.9 Å². The third-order valence-electron chi connectivity index (χ3n) is 12.8. The topological polar surface area (TPSA) is 56.7 Å². The second-order valence-electron chi connectivity index (χ2n) is 16.2. The molecule has 5 nitrogen and oxygen atoms in total. The predicted octanol–water partition coefficient (Wildman–Crippen LogP) is 4.50. The third kappa shape index (κ3) is 6.12. The maximum Gasteiger partial charge on any atom is 0.164 e. The Hall–Kier alpha value is -7.31. The number of nitrogens with zero attached hydrogens (tertiary/aromatic N) is 4. The lowest BCUT2D eigenvalue weighted by Gasteiger charge is -2.20. The van der Waals surface area contributed by atoms with Crippen LogP contribution in [0.3, 0.4) is 0 Å². The van der Waals surface area contributed by atoms with E-state index in [4.69, 9.17) is 19.4 Å². The molecule has 282 valence electrons. The van der Waals surface area contributed by atoms with E-state index in [1.165, 1.54) is 54.7 Å². The molecule has 3 aromatic heterocycles. The zero-order chi connectivity index (χ0) is 41.4. The molecule has 0 aliphatic carbocycles. The van der Waals surface area contributed by atoms with Crippen LogP contribution in [0.2, 0.25) is 0 Å². The monoisotopic (exact) mass is 776 g/mol. The van der Waals surface area contributed by atoms with Crippen molar-refractivity contribution in [2.45, 2.75) is 0 Å². The number of benzene rings is 8. The van der Waals surface area contributed by atoms with E-state index in [-0.39, 0.29) is 0 Å². The van der Waals surface area contributed by atoms with E-state index in [2.05, 4.69) is 171 Å². The molecule has 0 unspecified atom stereocenters. The smallest absolute Gasteiger partial charge is 0.164 e. The Bertz CT molecular complexity index is 3520. The molecule has 11 rings (SSSR count). The van der Waals surface area contributed by atoms with E-state index in [1.807, 2.05) is 36.4 Å². The lowest BCUT2D eigenvalue weighted by molar-refractivity contribution is 0.669. The van der Waals surface area contributed by atoms with E-state index < -0.39 is 0 Å². The predicted molar refractivity (Wildman–Crippen MR) is 270 cm³/mol. The number of hydrogen-bond acceptors (Lipinski definition) is 4. The lowest BCUT2D eigenvalue weighted by atomic mass is 9.59. The number of aromatic nitrogens is 4. The largest absolute Gasteiger partial charge is 0.456 e. The Morgan fingerprint density at radius 3 is 1.64 bits per heavy atom. The van der Waals surface area contributed by atoms with Crippen LogP contribution in [0.4, 0.5) is 0 Å². The minimum atomic E-state index is 0.611. The van der Waals surface area contributed by atoms with Gasteiger partial charge < -0.3 is 8.98 Å². The summed E-state index contributed by atoms with van der Waals surface area (Å²) in [6, 6.07) is 57.5. The van der Waals surface area contributed by atoms with Gasteiger partial charge in [-0.25, -0.2) is 15.0 Å². The normalized spacial score (nSPS) is 11.6. The molecule has 11 aromatic rings. The van der Waals surface area contributed by atoms with Crippen molar-refractivity contribution in [3.05, 3.63) is 164 Å². The minimum absolute atomic E-state index is 0.611. The molecule has 0 aliphatic heterocycles. The average Bonchev–Trinajstić information content (AvgIpc) is 3.85. The first kappa shape index (κ1) is 36.8. The summed E-state index contributed by atoms with van der Waals surface area (Å²) >= 11 is 0. The van der Waals surface area contributed by atoms with Crippen LogP contribution in [0.15, 0.2) is 168 Å². The number of fused-ring (bicyclic) bond motifs is 6. The van der Waals surface area contributed by atoms with E-state index in [1.54, 1.807) is 0 Å². The van der Waals surface area contributed by atoms with Crippen LogP contribution < -0.4 is 27.3 Å². The zero-order valence-corrected chi connectivity index (χ0v) is 34.8. The van der Waals surface area contributed by atoms with Crippen LogP contribution in [0.25, 0.3) is 106 Å². The van der Waals surface area contributed by atoms with Crippen LogP contribution in [0, 0.1) is 0 Å². The van der Waals surface area contributed by atoms with Gasteiger partial charge in [-0.1, -0.05) is 108 Å². The Morgan fingerprint density at radius 2 is 0.885 bits per heavy atom. The summed E-state index contributed by atoms with van der Waals surface area (Å²) in [5.41, 5.74) is 19.3. The molecule has 10 heteroatoms. The highest BCUT2D eigenvalue weighted by molar-refractivity contribution is 6.68. The van der Waals surface area contributed by atoms with Crippen molar-refractivity contribution in [1.82, 2.24) is 19.5 Å². The fourth-order valence-corrected chi connectivity index (χ4v) is 9.20. The van der Waals surface area contributed by atoms with E-state index in [0.717, 1.165) is 61.0 Å². The first-order chi connectivity index (χ1) is 29.8. The van der Waals surface area contributed by atoms with Gasteiger partial charge >= 0.3 is 0 Å². The van der Waals surface area contributed by atoms with Crippen molar-refractivity contribution in [2.75, 3.05) is 0 Å². The third-order valence-corrected chi connectivity index (χ3v) is 12.8. The summed E-state index contributed by atoms with van der Waals surface area (Å²) in [7, 11) is 11.1. The standard InChI is InChI=1S/C51H37B5N4O/c52-44-43(45(53)47(55)48(56)46(44)54)31-12-9-13-32(24-31)50-57-49(28-10-3-1-4-11-28)58-51(59-50)33-20-23-41-38(26-33)36-21-18-30(27-42(36)61-41)29-19-22-40-37(25-29)35-16-7-8-17-39(35)60(40)34-14-5-2-6-15-34/h1-27H,52-56H2. The van der Waals surface area contributed by atoms with Gasteiger partial charge in [0.25, 0.3) is 0 Å². The summed E-state index contributed by atoms with van der Waals surface area (Å²) in [4.78, 5) is 15.3. The van der Waals surface area contributed by atoms with Gasteiger partial charge in [0.15, 0.2) is 17.5 Å². The molecular weight excluding hydrogens is 739 g/mol. The highest BCUT2D eigenvalue weighted by Crippen LogP contribution is 2.38.